The Morgan fingerprint density at radius 3 is 2.07 bits per heavy atom. The first-order chi connectivity index (χ1) is 6.75. The monoisotopic (exact) mass is 226 g/mol. The first-order valence-electron chi connectivity index (χ1n) is 3.21. The Morgan fingerprint density at radius 1 is 1.47 bits per heavy atom. The van der Waals surface area contributed by atoms with E-state index >= 15 is 0 Å². The fraction of sp³-hybridized carbons (Fsp3) is 0.200. The molecule has 0 spiro atoms. The summed E-state index contributed by atoms with van der Waals surface area (Å²) in [7, 11) is 0. The summed E-state index contributed by atoms with van der Waals surface area (Å²) < 4.78 is 31.7. The van der Waals surface area contributed by atoms with E-state index in [2.05, 4.69) is 15.4 Å². The quantitative estimate of drug-likeness (QED) is 0.597. The minimum absolute atomic E-state index is 0.157. The maximum atomic E-state index is 10.6. The van der Waals surface area contributed by atoms with E-state index in [4.69, 9.17) is 15.6 Å². The second kappa shape index (κ2) is 4.93. The number of H-pyrrole nitrogens is 1. The van der Waals surface area contributed by atoms with Crippen LogP contribution in [0.2, 0.25) is 0 Å². The van der Waals surface area contributed by atoms with Crippen molar-refractivity contribution in [2.75, 3.05) is 0 Å². The number of carbonyl (C=O) groups excluding carboxylic acids is 1. The highest BCUT2D eigenvalue weighted by Gasteiger charge is 2.38. The summed E-state index contributed by atoms with van der Waals surface area (Å²) in [5, 5.41) is 16.1. The minimum atomic E-state index is -5.08. The summed E-state index contributed by atoms with van der Waals surface area (Å²) in [4.78, 5) is 19.1. The van der Waals surface area contributed by atoms with Crippen molar-refractivity contribution in [1.82, 2.24) is 15.4 Å². The van der Waals surface area contributed by atoms with E-state index in [0.717, 1.165) is 0 Å². The molecule has 0 radical (unpaired) electrons. The number of aliphatic carboxylic acids is 1. The number of carboxylic acid groups (broad SMARTS) is 1. The Kier molecular flexibility index (Phi) is 4.23. The highest BCUT2D eigenvalue weighted by Crippen LogP contribution is 2.13. The number of halogens is 3. The molecular formula is C5H5F3N4O3. The third-order valence-corrected chi connectivity index (χ3v) is 0.910. The maximum absolute atomic E-state index is 10.6. The van der Waals surface area contributed by atoms with Crippen LogP contribution in [0.4, 0.5) is 13.2 Å². The fourth-order valence-electron chi connectivity index (χ4n) is 0.320. The average Bonchev–Trinajstić information content (AvgIpc) is 2.54. The number of amides is 1. The van der Waals surface area contributed by atoms with Crippen molar-refractivity contribution in [1.29, 1.82) is 0 Å². The zero-order chi connectivity index (χ0) is 12.1. The number of nitrogens with one attached hydrogen (secondary N) is 1. The number of nitrogens with two attached hydrogens (primary N) is 1. The molecule has 10 heteroatoms. The van der Waals surface area contributed by atoms with Crippen molar-refractivity contribution >= 4 is 11.9 Å². The lowest BCUT2D eigenvalue weighted by Crippen LogP contribution is -2.21. The van der Waals surface area contributed by atoms with E-state index in [1.165, 1.54) is 6.20 Å². The van der Waals surface area contributed by atoms with Gasteiger partial charge >= 0.3 is 12.1 Å². The molecule has 1 aromatic heterocycles. The van der Waals surface area contributed by atoms with Crippen LogP contribution in [0.3, 0.4) is 0 Å². The van der Waals surface area contributed by atoms with Crippen LogP contribution in [0.25, 0.3) is 0 Å². The molecule has 84 valence electrons. The number of carboxylic acids is 1. The third-order valence-electron chi connectivity index (χ3n) is 0.910. The molecule has 0 aliphatic heterocycles. The lowest BCUT2D eigenvalue weighted by atomic mass is 10.5. The van der Waals surface area contributed by atoms with Gasteiger partial charge in [-0.25, -0.2) is 4.79 Å². The molecule has 0 unspecified atom stereocenters. The first-order valence-corrected chi connectivity index (χ1v) is 3.21. The molecule has 0 aliphatic carbocycles. The Balaban J connectivity index is 0.000000265. The summed E-state index contributed by atoms with van der Waals surface area (Å²) in [5.41, 5.74) is 4.95. The van der Waals surface area contributed by atoms with E-state index in [9.17, 15) is 18.0 Å². The Labute approximate surface area is 80.1 Å². The maximum Gasteiger partial charge on any atom is 0.490 e. The summed E-state index contributed by atoms with van der Waals surface area (Å²) in [6, 6.07) is 0. The molecule has 1 amide bonds. The van der Waals surface area contributed by atoms with Crippen LogP contribution in [0.15, 0.2) is 6.20 Å². The second-order valence-electron chi connectivity index (χ2n) is 2.02. The molecule has 1 aromatic rings. The fourth-order valence-corrected chi connectivity index (χ4v) is 0.320. The SMILES string of the molecule is NC(=O)c1cn[nH]n1.O=C(O)C(F)(F)F. The molecule has 0 saturated carbocycles. The number of rotatable bonds is 1. The van der Waals surface area contributed by atoms with Gasteiger partial charge in [0.15, 0.2) is 5.69 Å². The molecule has 0 atom stereocenters. The van der Waals surface area contributed by atoms with Crippen LogP contribution in [0, 0.1) is 0 Å². The third kappa shape index (κ3) is 5.23. The van der Waals surface area contributed by atoms with Crippen LogP contribution in [-0.4, -0.2) is 38.6 Å². The molecule has 15 heavy (non-hydrogen) atoms. The van der Waals surface area contributed by atoms with Gasteiger partial charge in [-0.05, 0) is 0 Å². The first kappa shape index (κ1) is 12.9. The van der Waals surface area contributed by atoms with E-state index in [-0.39, 0.29) is 5.69 Å². The van der Waals surface area contributed by atoms with Gasteiger partial charge < -0.3 is 10.8 Å². The number of hydrogen-bond donors (Lipinski definition) is 3. The van der Waals surface area contributed by atoms with Crippen molar-refractivity contribution in [2.45, 2.75) is 6.18 Å². The van der Waals surface area contributed by atoms with Crippen molar-refractivity contribution in [2.24, 2.45) is 5.73 Å². The number of alkyl halides is 3. The zero-order valence-corrected chi connectivity index (χ0v) is 6.95. The second-order valence-corrected chi connectivity index (χ2v) is 2.02. The molecule has 0 fully saturated rings. The van der Waals surface area contributed by atoms with Crippen LogP contribution in [0.5, 0.6) is 0 Å². The van der Waals surface area contributed by atoms with Gasteiger partial charge in [0.2, 0.25) is 0 Å². The van der Waals surface area contributed by atoms with Crippen LogP contribution >= 0.6 is 0 Å². The van der Waals surface area contributed by atoms with Gasteiger partial charge in [0.05, 0.1) is 6.20 Å². The van der Waals surface area contributed by atoms with E-state index in [1.54, 1.807) is 0 Å². The summed E-state index contributed by atoms with van der Waals surface area (Å²) in [6.45, 7) is 0. The average molecular weight is 226 g/mol. The Bertz CT molecular complexity index is 334. The predicted molar refractivity (Wildman–Crippen MR) is 38.6 cm³/mol. The molecule has 4 N–H and O–H groups in total. The molecule has 7 nitrogen and oxygen atoms in total. The Hall–Kier alpha value is -2.13. The molecule has 1 rings (SSSR count). The standard InChI is InChI=1S/C3H4N4O.C2HF3O2/c4-3(8)2-1-5-7-6-2;3-2(4,5)1(6)7/h1H,(H2,4,8)(H,5,6,7);(H,6,7). The Morgan fingerprint density at radius 2 is 1.93 bits per heavy atom. The molecule has 0 bridgehead atoms. The highest BCUT2D eigenvalue weighted by molar-refractivity contribution is 5.90. The van der Waals surface area contributed by atoms with Gasteiger partial charge in [0, 0.05) is 0 Å². The van der Waals surface area contributed by atoms with Crippen molar-refractivity contribution in [3.8, 4) is 0 Å². The van der Waals surface area contributed by atoms with Crippen LogP contribution < -0.4 is 5.73 Å². The van der Waals surface area contributed by atoms with Crippen LogP contribution in [-0.2, 0) is 4.79 Å². The smallest absolute Gasteiger partial charge is 0.475 e. The number of aromatic amines is 1. The van der Waals surface area contributed by atoms with Gasteiger partial charge in [0.25, 0.3) is 5.91 Å². The van der Waals surface area contributed by atoms with Crippen molar-refractivity contribution < 1.29 is 27.9 Å². The van der Waals surface area contributed by atoms with Crippen LogP contribution in [0.1, 0.15) is 10.5 Å². The highest BCUT2D eigenvalue weighted by atomic mass is 19.4. The largest absolute Gasteiger partial charge is 0.490 e. The molecule has 1 heterocycles. The normalized spacial score (nSPS) is 10.1. The lowest BCUT2D eigenvalue weighted by Gasteiger charge is -1.93. The molecular weight excluding hydrogens is 221 g/mol. The zero-order valence-electron chi connectivity index (χ0n) is 6.95. The molecule has 0 aromatic carbocycles. The van der Waals surface area contributed by atoms with Gasteiger partial charge in [-0.15, -0.1) is 0 Å². The van der Waals surface area contributed by atoms with E-state index in [0.29, 0.717) is 0 Å². The summed E-state index contributed by atoms with van der Waals surface area (Å²) >= 11 is 0. The summed E-state index contributed by atoms with van der Waals surface area (Å²) in [5.74, 6) is -3.33. The van der Waals surface area contributed by atoms with E-state index in [1.807, 2.05) is 0 Å². The van der Waals surface area contributed by atoms with Gasteiger partial charge in [0.1, 0.15) is 0 Å². The van der Waals surface area contributed by atoms with E-state index < -0.39 is 18.1 Å². The lowest BCUT2D eigenvalue weighted by molar-refractivity contribution is -0.192. The predicted octanol–water partition coefficient (Wildman–Crippen LogP) is -0.463. The number of nitrogens with zero attached hydrogens (tertiary/aromatic N) is 2. The van der Waals surface area contributed by atoms with Gasteiger partial charge in [-0.2, -0.15) is 28.6 Å². The topological polar surface area (TPSA) is 122 Å². The number of primary amides is 1. The van der Waals surface area contributed by atoms with Crippen molar-refractivity contribution in [3.05, 3.63) is 11.9 Å². The number of aromatic nitrogens is 3. The number of carbonyl (C=O) groups is 2. The van der Waals surface area contributed by atoms with Gasteiger partial charge in [-0.1, -0.05) is 0 Å². The minimum Gasteiger partial charge on any atom is -0.475 e. The molecule has 0 aliphatic rings. The summed E-state index contributed by atoms with van der Waals surface area (Å²) in [6.07, 6.45) is -3.82. The van der Waals surface area contributed by atoms with Crippen molar-refractivity contribution in [3.63, 3.8) is 0 Å². The number of hydrogen-bond acceptors (Lipinski definition) is 4. The van der Waals surface area contributed by atoms with Gasteiger partial charge in [-0.3, -0.25) is 4.79 Å². The molecule has 0 saturated heterocycles.